The fraction of sp³-hybridized carbons (Fsp3) is 0.562. The molecule has 0 radical (unpaired) electrons. The number of amides is 1. The molecule has 5 heteroatoms. The van der Waals surface area contributed by atoms with Crippen LogP contribution in [0.15, 0.2) is 48.5 Å². The van der Waals surface area contributed by atoms with Gasteiger partial charge in [-0.05, 0) is 73.6 Å². The number of benzene rings is 2. The zero-order valence-electron chi connectivity index (χ0n) is 23.0. The molecule has 1 fully saturated rings. The number of carbonyl (C=O) groups excluding carboxylic acids is 2. The van der Waals surface area contributed by atoms with Gasteiger partial charge in [-0.25, -0.2) is 4.79 Å². The number of alkyl carbamates (subject to hydrolysis) is 1. The van der Waals surface area contributed by atoms with Gasteiger partial charge in [-0.15, -0.1) is 0 Å². The molecule has 2 aromatic rings. The summed E-state index contributed by atoms with van der Waals surface area (Å²) in [6.07, 6.45) is 2.56. The van der Waals surface area contributed by atoms with Crippen LogP contribution < -0.4 is 5.32 Å². The molecule has 3 unspecified atom stereocenters. The normalized spacial score (nSPS) is 30.3. The first-order chi connectivity index (χ1) is 17.5. The van der Waals surface area contributed by atoms with Crippen LogP contribution in [0.25, 0.3) is 0 Å². The first-order valence-electron chi connectivity index (χ1n) is 13.9. The second kappa shape index (κ2) is 9.81. The van der Waals surface area contributed by atoms with Crippen LogP contribution in [-0.2, 0) is 14.3 Å². The minimum absolute atomic E-state index is 0.0932. The first kappa shape index (κ1) is 25.8. The van der Waals surface area contributed by atoms with Gasteiger partial charge in [-0.2, -0.15) is 0 Å². The fourth-order valence-electron chi connectivity index (χ4n) is 7.06. The number of ether oxygens (including phenoxy) is 2. The molecule has 5 nitrogen and oxygen atoms in total. The Hall–Kier alpha value is -2.82. The molecule has 5 atom stereocenters. The van der Waals surface area contributed by atoms with Gasteiger partial charge in [0.25, 0.3) is 0 Å². The van der Waals surface area contributed by atoms with Gasteiger partial charge in [0.15, 0.2) is 0 Å². The minimum Gasteiger partial charge on any atom is -0.462 e. The van der Waals surface area contributed by atoms with E-state index in [9.17, 15) is 9.59 Å². The molecular formula is C32H41NO4. The average molecular weight is 504 g/mol. The van der Waals surface area contributed by atoms with Crippen molar-refractivity contribution in [2.45, 2.75) is 90.4 Å². The molecule has 198 valence electrons. The Bertz CT molecular complexity index is 1120. The van der Waals surface area contributed by atoms with Crippen molar-refractivity contribution in [2.75, 3.05) is 0 Å². The lowest BCUT2D eigenvalue weighted by Gasteiger charge is -2.50. The summed E-state index contributed by atoms with van der Waals surface area (Å²) in [4.78, 5) is 27.3. The lowest BCUT2D eigenvalue weighted by molar-refractivity contribution is -0.163. The second-order valence-corrected chi connectivity index (χ2v) is 12.7. The van der Waals surface area contributed by atoms with Crippen LogP contribution in [0.3, 0.4) is 0 Å². The smallest absolute Gasteiger partial charge is 0.407 e. The number of hydrogen-bond acceptors (Lipinski definition) is 4. The van der Waals surface area contributed by atoms with Crippen LogP contribution in [0.5, 0.6) is 0 Å². The van der Waals surface area contributed by atoms with E-state index in [1.54, 1.807) is 0 Å². The van der Waals surface area contributed by atoms with Crippen molar-refractivity contribution in [1.82, 2.24) is 5.32 Å². The molecule has 4 aliphatic rings. The summed E-state index contributed by atoms with van der Waals surface area (Å²) in [5, 5.41) is 3.14. The summed E-state index contributed by atoms with van der Waals surface area (Å²) in [5.41, 5.74) is 4.03. The molecule has 2 aromatic carbocycles. The first-order valence-corrected chi connectivity index (χ1v) is 13.9. The Morgan fingerprint density at radius 2 is 1.43 bits per heavy atom. The van der Waals surface area contributed by atoms with Crippen LogP contribution >= 0.6 is 0 Å². The Morgan fingerprint density at radius 3 is 1.95 bits per heavy atom. The van der Waals surface area contributed by atoms with Gasteiger partial charge in [0.2, 0.25) is 0 Å². The summed E-state index contributed by atoms with van der Waals surface area (Å²) in [6.45, 7) is 12.3. The number of esters is 1. The standard InChI is InChI=1S/C32H41NO4/c1-18(2)20-16-15-19(3)17-25(20)36-30(34)28-26-21-11-7-9-13-23(21)27(24-14-10-8-12-22(24)26)29(28)33-31(35)37-32(4,5)6/h7-14,18-20,25-29H,15-17H2,1-6H3,(H,33,35)/t19?,20?,25?,26?,27?,28-,29-/m0/s1. The second-order valence-electron chi connectivity index (χ2n) is 12.7. The molecular weight excluding hydrogens is 462 g/mol. The molecule has 0 heterocycles. The maximum Gasteiger partial charge on any atom is 0.407 e. The highest BCUT2D eigenvalue weighted by Gasteiger charge is 2.54. The molecule has 1 amide bonds. The molecule has 2 bridgehead atoms. The van der Waals surface area contributed by atoms with Crippen LogP contribution in [0.2, 0.25) is 0 Å². The van der Waals surface area contributed by atoms with Crippen LogP contribution in [0.1, 0.15) is 94.9 Å². The summed E-state index contributed by atoms with van der Waals surface area (Å²) >= 11 is 0. The lowest BCUT2D eigenvalue weighted by Crippen LogP contribution is -2.56. The zero-order chi connectivity index (χ0) is 26.5. The van der Waals surface area contributed by atoms with E-state index < -0.39 is 23.7 Å². The van der Waals surface area contributed by atoms with Gasteiger partial charge in [-0.1, -0.05) is 75.7 Å². The van der Waals surface area contributed by atoms with E-state index in [4.69, 9.17) is 9.47 Å². The predicted octanol–water partition coefficient (Wildman–Crippen LogP) is 6.79. The quantitative estimate of drug-likeness (QED) is 0.467. The molecule has 37 heavy (non-hydrogen) atoms. The van der Waals surface area contributed by atoms with Crippen molar-refractivity contribution in [1.29, 1.82) is 0 Å². The highest BCUT2D eigenvalue weighted by molar-refractivity contribution is 5.81. The zero-order valence-corrected chi connectivity index (χ0v) is 23.0. The van der Waals surface area contributed by atoms with E-state index in [0.717, 1.165) is 24.0 Å². The van der Waals surface area contributed by atoms with Crippen molar-refractivity contribution in [2.24, 2.45) is 23.7 Å². The van der Waals surface area contributed by atoms with Gasteiger partial charge in [0, 0.05) is 11.8 Å². The molecule has 6 rings (SSSR count). The molecule has 0 aliphatic heterocycles. The lowest BCUT2D eigenvalue weighted by atomic mass is 9.56. The average Bonchev–Trinajstić information content (AvgIpc) is 2.82. The van der Waals surface area contributed by atoms with E-state index in [1.807, 2.05) is 45.0 Å². The Morgan fingerprint density at radius 1 is 0.892 bits per heavy atom. The summed E-state index contributed by atoms with van der Waals surface area (Å²) in [6, 6.07) is 16.2. The van der Waals surface area contributed by atoms with Gasteiger partial charge < -0.3 is 14.8 Å². The Balaban J connectivity index is 1.55. The summed E-state index contributed by atoms with van der Waals surface area (Å²) in [5.74, 6) is 0.296. The minimum atomic E-state index is -0.633. The van der Waals surface area contributed by atoms with Crippen molar-refractivity contribution < 1.29 is 19.1 Å². The van der Waals surface area contributed by atoms with E-state index in [0.29, 0.717) is 17.8 Å². The fourth-order valence-corrected chi connectivity index (χ4v) is 7.06. The van der Waals surface area contributed by atoms with E-state index in [2.05, 4.69) is 50.4 Å². The molecule has 0 saturated heterocycles. The third-order valence-corrected chi connectivity index (χ3v) is 8.62. The Kier molecular flexibility index (Phi) is 6.84. The van der Waals surface area contributed by atoms with E-state index in [1.165, 1.54) is 17.5 Å². The largest absolute Gasteiger partial charge is 0.462 e. The SMILES string of the molecule is CC1CCC(C(C)C)C(OC(=O)[C@H]2C3c4ccccc4C(c4ccccc43)[C@@H]2NC(=O)OC(C)(C)C)C1. The summed E-state index contributed by atoms with van der Waals surface area (Å²) < 4.78 is 12.1. The number of carbonyl (C=O) groups is 2. The number of fused-ring (bicyclic) bond motifs is 1. The molecule has 0 spiro atoms. The van der Waals surface area contributed by atoms with Gasteiger partial charge in [-0.3, -0.25) is 4.79 Å². The number of hydrogen-bond donors (Lipinski definition) is 1. The Labute approximate surface area is 221 Å². The van der Waals surface area contributed by atoms with Crippen LogP contribution in [-0.4, -0.2) is 29.8 Å². The van der Waals surface area contributed by atoms with E-state index >= 15 is 0 Å². The van der Waals surface area contributed by atoms with Crippen molar-refractivity contribution >= 4 is 12.1 Å². The van der Waals surface area contributed by atoms with Crippen LogP contribution in [0.4, 0.5) is 4.79 Å². The van der Waals surface area contributed by atoms with Gasteiger partial charge in [0.1, 0.15) is 11.7 Å². The third-order valence-electron chi connectivity index (χ3n) is 8.62. The van der Waals surface area contributed by atoms with Crippen LogP contribution in [0, 0.1) is 23.7 Å². The predicted molar refractivity (Wildman–Crippen MR) is 144 cm³/mol. The molecule has 4 aliphatic carbocycles. The highest BCUT2D eigenvalue weighted by atomic mass is 16.6. The maximum absolute atomic E-state index is 14.2. The topological polar surface area (TPSA) is 64.6 Å². The molecule has 0 aromatic heterocycles. The van der Waals surface area contributed by atoms with Crippen molar-refractivity contribution in [3.05, 3.63) is 70.8 Å². The van der Waals surface area contributed by atoms with Crippen molar-refractivity contribution in [3.63, 3.8) is 0 Å². The summed E-state index contributed by atoms with van der Waals surface area (Å²) in [7, 11) is 0. The third kappa shape index (κ3) is 4.89. The van der Waals surface area contributed by atoms with Gasteiger partial charge in [0.05, 0.1) is 12.0 Å². The monoisotopic (exact) mass is 503 g/mol. The van der Waals surface area contributed by atoms with Crippen molar-refractivity contribution in [3.8, 4) is 0 Å². The maximum atomic E-state index is 14.2. The highest BCUT2D eigenvalue weighted by Crippen LogP contribution is 2.56. The number of nitrogens with one attached hydrogen (secondary N) is 1. The molecule has 1 N–H and O–H groups in total. The number of rotatable bonds is 4. The van der Waals surface area contributed by atoms with E-state index in [-0.39, 0.29) is 23.9 Å². The molecule has 1 saturated carbocycles. The van der Waals surface area contributed by atoms with Gasteiger partial charge >= 0.3 is 12.1 Å².